The summed E-state index contributed by atoms with van der Waals surface area (Å²) < 4.78 is 0.763. The number of hydrogen-bond donors (Lipinski definition) is 5. The second-order valence-electron chi connectivity index (χ2n) is 10.2. The predicted octanol–water partition coefficient (Wildman–Crippen LogP) is 3.28. The van der Waals surface area contributed by atoms with Gasteiger partial charge in [-0.15, -0.1) is 0 Å². The van der Waals surface area contributed by atoms with Gasteiger partial charge in [0.15, 0.2) is 0 Å². The predicted molar refractivity (Wildman–Crippen MR) is 150 cm³/mol. The second-order valence-corrected chi connectivity index (χ2v) is 11.6. The third kappa shape index (κ3) is 8.55. The van der Waals surface area contributed by atoms with Crippen molar-refractivity contribution in [2.75, 3.05) is 32.8 Å². The zero-order valence-electron chi connectivity index (χ0n) is 21.4. The van der Waals surface area contributed by atoms with E-state index in [1.807, 2.05) is 44.2 Å². The molecule has 10 heteroatoms. The number of aliphatic hydroxyl groups is 1. The zero-order valence-corrected chi connectivity index (χ0v) is 23.0. The molecule has 1 atom stereocenters. The van der Waals surface area contributed by atoms with Gasteiger partial charge < -0.3 is 31.1 Å². The van der Waals surface area contributed by atoms with E-state index in [2.05, 4.69) is 10.3 Å². The van der Waals surface area contributed by atoms with E-state index in [9.17, 15) is 19.8 Å². The van der Waals surface area contributed by atoms with E-state index >= 15 is 0 Å². The Morgan fingerprint density at radius 3 is 2.68 bits per heavy atom. The van der Waals surface area contributed by atoms with Crippen LogP contribution in [0.5, 0.6) is 5.75 Å². The van der Waals surface area contributed by atoms with Crippen LogP contribution >= 0.6 is 22.9 Å². The number of aromatic amines is 1. The van der Waals surface area contributed by atoms with Crippen LogP contribution in [0, 0.1) is 5.41 Å². The van der Waals surface area contributed by atoms with Crippen molar-refractivity contribution in [3.8, 4) is 5.75 Å². The van der Waals surface area contributed by atoms with E-state index in [4.69, 9.17) is 17.3 Å². The first-order valence-electron chi connectivity index (χ1n) is 12.5. The van der Waals surface area contributed by atoms with Crippen LogP contribution in [0.2, 0.25) is 5.02 Å². The normalized spacial score (nSPS) is 12.7. The number of nitrogens with zero attached hydrogens (tertiary/aromatic N) is 1. The fraction of sp³-hybridized carbons (Fsp3) is 0.481. The number of amides is 1. The number of carbonyl (C=O) groups is 1. The van der Waals surface area contributed by atoms with Gasteiger partial charge in [0.25, 0.3) is 0 Å². The Balaban J connectivity index is 1.52. The van der Waals surface area contributed by atoms with E-state index < -0.39 is 5.41 Å². The molecule has 0 aliphatic carbocycles. The molecule has 1 aromatic heterocycles. The van der Waals surface area contributed by atoms with Crippen LogP contribution < -0.4 is 15.9 Å². The van der Waals surface area contributed by atoms with Gasteiger partial charge in [0.1, 0.15) is 11.3 Å². The van der Waals surface area contributed by atoms with Crippen molar-refractivity contribution in [2.24, 2.45) is 11.1 Å². The summed E-state index contributed by atoms with van der Waals surface area (Å²) in [5.74, 6) is 0.0307. The van der Waals surface area contributed by atoms with E-state index in [-0.39, 0.29) is 35.6 Å². The minimum absolute atomic E-state index is 0.0286. The number of thiazole rings is 1. The molecule has 1 unspecified atom stereocenters. The average molecular weight is 549 g/mol. The van der Waals surface area contributed by atoms with Gasteiger partial charge in [0.2, 0.25) is 5.91 Å². The number of nitrogens with two attached hydrogens (primary N) is 1. The van der Waals surface area contributed by atoms with Gasteiger partial charge in [-0.05, 0) is 49.1 Å². The maximum atomic E-state index is 13.1. The molecular weight excluding hydrogens is 512 g/mol. The molecule has 0 aliphatic heterocycles. The summed E-state index contributed by atoms with van der Waals surface area (Å²) in [6.07, 6.45) is 2.26. The number of hydrogen-bond acceptors (Lipinski definition) is 7. The Labute approximate surface area is 226 Å². The molecule has 3 rings (SSSR count). The van der Waals surface area contributed by atoms with Gasteiger partial charge in [-0.1, -0.05) is 61.1 Å². The molecule has 0 spiro atoms. The molecule has 0 aliphatic rings. The van der Waals surface area contributed by atoms with Crippen LogP contribution in [0.25, 0.3) is 10.2 Å². The van der Waals surface area contributed by atoms with Crippen molar-refractivity contribution in [1.29, 1.82) is 0 Å². The number of halogens is 1. The van der Waals surface area contributed by atoms with Crippen molar-refractivity contribution in [2.45, 2.75) is 45.6 Å². The summed E-state index contributed by atoms with van der Waals surface area (Å²) in [5.41, 5.74) is 8.35. The molecule has 1 amide bonds. The van der Waals surface area contributed by atoms with Gasteiger partial charge in [0, 0.05) is 49.1 Å². The highest BCUT2D eigenvalue weighted by molar-refractivity contribution is 7.16. The molecule has 202 valence electrons. The first-order chi connectivity index (χ1) is 17.6. The SMILES string of the molecule is CC(C)(CO)CN(CCNCCc1ccc(O)c2[nH]c(=O)sc12)C(=O)CC(N)CCc1ccccc1Cl. The maximum absolute atomic E-state index is 13.1. The van der Waals surface area contributed by atoms with Gasteiger partial charge in [-0.2, -0.15) is 0 Å². The smallest absolute Gasteiger partial charge is 0.305 e. The Morgan fingerprint density at radius 2 is 1.95 bits per heavy atom. The third-order valence-electron chi connectivity index (χ3n) is 6.35. The highest BCUT2D eigenvalue weighted by atomic mass is 35.5. The molecule has 0 bridgehead atoms. The Bertz CT molecular complexity index is 1240. The number of phenolic OH excluding ortho intramolecular Hbond substituents is 1. The molecule has 0 saturated carbocycles. The fourth-order valence-electron chi connectivity index (χ4n) is 4.19. The number of phenols is 1. The first kappa shape index (κ1) is 29.1. The molecule has 2 aromatic carbocycles. The van der Waals surface area contributed by atoms with Gasteiger partial charge in [-0.25, -0.2) is 0 Å². The Hall–Kier alpha value is -2.43. The van der Waals surface area contributed by atoms with E-state index in [0.29, 0.717) is 56.0 Å². The summed E-state index contributed by atoms with van der Waals surface area (Å²) in [5, 5.41) is 23.8. The lowest BCUT2D eigenvalue weighted by Crippen LogP contribution is -2.45. The van der Waals surface area contributed by atoms with Crippen LogP contribution in [-0.4, -0.2) is 64.8 Å². The molecule has 0 radical (unpaired) electrons. The number of benzene rings is 2. The van der Waals surface area contributed by atoms with Crippen LogP contribution in [0.15, 0.2) is 41.2 Å². The maximum Gasteiger partial charge on any atom is 0.305 e. The topological polar surface area (TPSA) is 132 Å². The number of aromatic hydroxyl groups is 1. The number of nitrogens with one attached hydrogen (secondary N) is 2. The van der Waals surface area contributed by atoms with Gasteiger partial charge in [-0.3, -0.25) is 9.59 Å². The molecule has 8 nitrogen and oxygen atoms in total. The summed E-state index contributed by atoms with van der Waals surface area (Å²) in [6, 6.07) is 10.8. The minimum Gasteiger partial charge on any atom is -0.506 e. The van der Waals surface area contributed by atoms with Crippen LogP contribution in [0.4, 0.5) is 0 Å². The molecule has 3 aromatic rings. The summed E-state index contributed by atoms with van der Waals surface area (Å²) in [7, 11) is 0. The largest absolute Gasteiger partial charge is 0.506 e. The highest BCUT2D eigenvalue weighted by Crippen LogP contribution is 2.28. The van der Waals surface area contributed by atoms with Crippen molar-refractivity contribution >= 4 is 39.1 Å². The number of aryl methyl sites for hydroxylation is 1. The molecule has 0 saturated heterocycles. The van der Waals surface area contributed by atoms with Crippen molar-refractivity contribution < 1.29 is 15.0 Å². The Kier molecular flexibility index (Phi) is 10.5. The Morgan fingerprint density at radius 1 is 1.19 bits per heavy atom. The number of aliphatic hydroxyl groups excluding tert-OH is 1. The summed E-state index contributed by atoms with van der Waals surface area (Å²) >= 11 is 7.33. The lowest BCUT2D eigenvalue weighted by molar-refractivity contribution is -0.133. The van der Waals surface area contributed by atoms with Gasteiger partial charge >= 0.3 is 4.87 Å². The monoisotopic (exact) mass is 548 g/mol. The number of aromatic nitrogens is 1. The van der Waals surface area contributed by atoms with Crippen molar-refractivity contribution in [1.82, 2.24) is 15.2 Å². The lowest BCUT2D eigenvalue weighted by Gasteiger charge is -2.32. The average Bonchev–Trinajstić information content (AvgIpc) is 3.26. The lowest BCUT2D eigenvalue weighted by atomic mass is 9.93. The minimum atomic E-state index is -0.430. The second kappa shape index (κ2) is 13.4. The molecule has 1 heterocycles. The number of rotatable bonds is 14. The highest BCUT2D eigenvalue weighted by Gasteiger charge is 2.25. The van der Waals surface area contributed by atoms with E-state index in [1.54, 1.807) is 11.0 Å². The van der Waals surface area contributed by atoms with E-state index in [1.165, 1.54) is 0 Å². The first-order valence-corrected chi connectivity index (χ1v) is 13.7. The van der Waals surface area contributed by atoms with Crippen LogP contribution in [-0.2, 0) is 17.6 Å². The van der Waals surface area contributed by atoms with E-state index in [0.717, 1.165) is 27.2 Å². The molecular formula is C27H37ClN4O4S. The number of fused-ring (bicyclic) bond motifs is 1. The fourth-order valence-corrected chi connectivity index (χ4v) is 5.32. The van der Waals surface area contributed by atoms with Crippen LogP contribution in [0.1, 0.15) is 37.8 Å². The molecule has 0 fully saturated rings. The number of H-pyrrole nitrogens is 1. The zero-order chi connectivity index (χ0) is 27.0. The quantitative estimate of drug-likeness (QED) is 0.196. The summed E-state index contributed by atoms with van der Waals surface area (Å²) in [4.78, 5) is 29.1. The molecule has 37 heavy (non-hydrogen) atoms. The van der Waals surface area contributed by atoms with Crippen molar-refractivity contribution in [3.05, 3.63) is 62.2 Å². The number of carbonyl (C=O) groups excluding carboxylic acids is 1. The van der Waals surface area contributed by atoms with Crippen molar-refractivity contribution in [3.63, 3.8) is 0 Å². The van der Waals surface area contributed by atoms with Gasteiger partial charge in [0.05, 0.1) is 4.70 Å². The third-order valence-corrected chi connectivity index (χ3v) is 7.67. The summed E-state index contributed by atoms with van der Waals surface area (Å²) in [6.45, 7) is 5.96. The molecule has 6 N–H and O–H groups in total. The van der Waals surface area contributed by atoms with Crippen LogP contribution in [0.3, 0.4) is 0 Å². The standard InChI is InChI=1S/C27H37ClN4O4S/c1-27(2,17-33)16-32(23(35)15-20(29)9-7-18-5-3-4-6-21(18)28)14-13-30-12-11-19-8-10-22(34)24-25(19)37-26(36)31-24/h3-6,8,10,20,30,33-34H,7,9,11-17,29H2,1-2H3,(H,31,36).